The lowest BCUT2D eigenvalue weighted by Crippen LogP contribution is -2.36. The normalized spacial score (nSPS) is 26.4. The van der Waals surface area contributed by atoms with Crippen molar-refractivity contribution in [2.75, 3.05) is 19.6 Å². The maximum absolute atomic E-state index is 11.7. The molecule has 4 nitrogen and oxygen atoms in total. The molecule has 0 saturated heterocycles. The number of hydrogen-bond donors (Lipinski definition) is 3. The molecule has 0 aromatic carbocycles. The first kappa shape index (κ1) is 11.5. The summed E-state index contributed by atoms with van der Waals surface area (Å²) in [4.78, 5) is 11.7. The Bertz CT molecular complexity index is 184. The highest BCUT2D eigenvalue weighted by molar-refractivity contribution is 5.79. The first-order valence-corrected chi connectivity index (χ1v) is 5.47. The van der Waals surface area contributed by atoms with Crippen LogP contribution in [-0.4, -0.2) is 25.5 Å². The molecule has 14 heavy (non-hydrogen) atoms. The molecule has 2 unspecified atom stereocenters. The predicted molar refractivity (Wildman–Crippen MR) is 56.6 cm³/mol. The summed E-state index contributed by atoms with van der Waals surface area (Å²) in [6.07, 6.45) is 4.09. The van der Waals surface area contributed by atoms with Gasteiger partial charge in [-0.25, -0.2) is 0 Å². The van der Waals surface area contributed by atoms with E-state index in [4.69, 9.17) is 11.5 Å². The number of amides is 1. The lowest BCUT2D eigenvalue weighted by Gasteiger charge is -2.17. The van der Waals surface area contributed by atoms with E-state index in [9.17, 15) is 4.79 Å². The van der Waals surface area contributed by atoms with Crippen LogP contribution in [-0.2, 0) is 4.79 Å². The summed E-state index contributed by atoms with van der Waals surface area (Å²) in [5.74, 6) is 0.719. The zero-order valence-electron chi connectivity index (χ0n) is 8.67. The van der Waals surface area contributed by atoms with E-state index < -0.39 is 0 Å². The van der Waals surface area contributed by atoms with Gasteiger partial charge in [0.2, 0.25) is 5.91 Å². The summed E-state index contributed by atoms with van der Waals surface area (Å²) >= 11 is 0. The molecule has 5 N–H and O–H groups in total. The van der Waals surface area contributed by atoms with E-state index in [0.29, 0.717) is 25.6 Å². The Hall–Kier alpha value is -0.610. The van der Waals surface area contributed by atoms with Gasteiger partial charge in [-0.1, -0.05) is 6.42 Å². The van der Waals surface area contributed by atoms with Crippen molar-refractivity contribution >= 4 is 5.91 Å². The summed E-state index contributed by atoms with van der Waals surface area (Å²) < 4.78 is 0. The second-order valence-electron chi connectivity index (χ2n) is 3.97. The van der Waals surface area contributed by atoms with Gasteiger partial charge in [-0.05, 0) is 38.3 Å². The standard InChI is InChI=1S/C10H21N3O/c11-5-2-6-13-10(14)9-4-1-3-8(9)7-12/h8-9H,1-7,11-12H2,(H,13,14). The fourth-order valence-corrected chi connectivity index (χ4v) is 2.11. The fraction of sp³-hybridized carbons (Fsp3) is 0.900. The minimum Gasteiger partial charge on any atom is -0.356 e. The Morgan fingerprint density at radius 1 is 1.36 bits per heavy atom. The SMILES string of the molecule is NCCCNC(=O)C1CCCC1CN. The summed E-state index contributed by atoms with van der Waals surface area (Å²) in [6, 6.07) is 0. The average molecular weight is 199 g/mol. The second kappa shape index (κ2) is 5.98. The molecular formula is C10H21N3O. The number of nitrogens with two attached hydrogens (primary N) is 2. The molecule has 1 rings (SSSR count). The maximum Gasteiger partial charge on any atom is 0.223 e. The van der Waals surface area contributed by atoms with Gasteiger partial charge in [-0.15, -0.1) is 0 Å². The van der Waals surface area contributed by atoms with Crippen LogP contribution in [0.15, 0.2) is 0 Å². The van der Waals surface area contributed by atoms with Crippen molar-refractivity contribution < 1.29 is 4.79 Å². The highest BCUT2D eigenvalue weighted by atomic mass is 16.1. The Morgan fingerprint density at radius 3 is 2.79 bits per heavy atom. The van der Waals surface area contributed by atoms with E-state index in [0.717, 1.165) is 25.7 Å². The Labute approximate surface area is 85.4 Å². The predicted octanol–water partition coefficient (Wildman–Crippen LogP) is -0.174. The van der Waals surface area contributed by atoms with E-state index in [1.807, 2.05) is 0 Å². The van der Waals surface area contributed by atoms with Gasteiger partial charge in [0, 0.05) is 12.5 Å². The van der Waals surface area contributed by atoms with E-state index in [-0.39, 0.29) is 11.8 Å². The lowest BCUT2D eigenvalue weighted by molar-refractivity contribution is -0.125. The Kier molecular flexibility index (Phi) is 4.90. The lowest BCUT2D eigenvalue weighted by atomic mass is 9.95. The molecule has 1 aliphatic rings. The zero-order valence-corrected chi connectivity index (χ0v) is 8.67. The molecule has 82 valence electrons. The number of rotatable bonds is 5. The molecule has 0 bridgehead atoms. The molecule has 0 radical (unpaired) electrons. The summed E-state index contributed by atoms with van der Waals surface area (Å²) in [5, 5.41) is 2.92. The summed E-state index contributed by atoms with van der Waals surface area (Å²) in [5.41, 5.74) is 11.0. The summed E-state index contributed by atoms with van der Waals surface area (Å²) in [7, 11) is 0. The average Bonchev–Trinajstić information content (AvgIpc) is 2.65. The van der Waals surface area contributed by atoms with Crippen LogP contribution in [0, 0.1) is 11.8 Å². The third-order valence-corrected chi connectivity index (χ3v) is 2.98. The third kappa shape index (κ3) is 2.96. The van der Waals surface area contributed by atoms with Gasteiger partial charge < -0.3 is 16.8 Å². The third-order valence-electron chi connectivity index (χ3n) is 2.98. The molecule has 1 saturated carbocycles. The largest absolute Gasteiger partial charge is 0.356 e. The number of carbonyl (C=O) groups is 1. The van der Waals surface area contributed by atoms with Crippen LogP contribution in [0.2, 0.25) is 0 Å². The number of hydrogen-bond acceptors (Lipinski definition) is 3. The highest BCUT2D eigenvalue weighted by Crippen LogP contribution is 2.30. The van der Waals surface area contributed by atoms with Crippen LogP contribution in [0.5, 0.6) is 0 Å². The molecule has 1 amide bonds. The van der Waals surface area contributed by atoms with Crippen LogP contribution >= 0.6 is 0 Å². The molecule has 0 heterocycles. The van der Waals surface area contributed by atoms with E-state index >= 15 is 0 Å². The molecule has 1 aliphatic carbocycles. The van der Waals surface area contributed by atoms with Crippen LogP contribution in [0.25, 0.3) is 0 Å². The van der Waals surface area contributed by atoms with Gasteiger partial charge in [0.25, 0.3) is 0 Å². The second-order valence-corrected chi connectivity index (χ2v) is 3.97. The molecular weight excluding hydrogens is 178 g/mol. The van der Waals surface area contributed by atoms with Gasteiger partial charge in [-0.3, -0.25) is 4.79 Å². The van der Waals surface area contributed by atoms with E-state index in [1.165, 1.54) is 0 Å². The Balaban J connectivity index is 2.28. The van der Waals surface area contributed by atoms with Gasteiger partial charge in [0.05, 0.1) is 0 Å². The van der Waals surface area contributed by atoms with Crippen LogP contribution in [0.3, 0.4) is 0 Å². The smallest absolute Gasteiger partial charge is 0.223 e. The van der Waals surface area contributed by atoms with Crippen molar-refractivity contribution in [3.05, 3.63) is 0 Å². The number of carbonyl (C=O) groups excluding carboxylic acids is 1. The molecule has 0 aromatic heterocycles. The zero-order chi connectivity index (χ0) is 10.4. The maximum atomic E-state index is 11.7. The first-order valence-electron chi connectivity index (χ1n) is 5.47. The van der Waals surface area contributed by atoms with Crippen molar-refractivity contribution in [2.24, 2.45) is 23.3 Å². The number of nitrogens with one attached hydrogen (secondary N) is 1. The molecule has 4 heteroatoms. The first-order chi connectivity index (χ1) is 6.79. The van der Waals surface area contributed by atoms with Gasteiger partial charge in [0.15, 0.2) is 0 Å². The van der Waals surface area contributed by atoms with Crippen molar-refractivity contribution in [3.63, 3.8) is 0 Å². The van der Waals surface area contributed by atoms with Crippen LogP contribution < -0.4 is 16.8 Å². The minimum absolute atomic E-state index is 0.151. The van der Waals surface area contributed by atoms with Gasteiger partial charge in [0.1, 0.15) is 0 Å². The highest BCUT2D eigenvalue weighted by Gasteiger charge is 2.31. The van der Waals surface area contributed by atoms with Crippen molar-refractivity contribution in [1.82, 2.24) is 5.32 Å². The van der Waals surface area contributed by atoms with Crippen molar-refractivity contribution in [2.45, 2.75) is 25.7 Å². The minimum atomic E-state index is 0.151. The molecule has 0 spiro atoms. The van der Waals surface area contributed by atoms with Crippen molar-refractivity contribution in [3.8, 4) is 0 Å². The quantitative estimate of drug-likeness (QED) is 0.538. The van der Waals surface area contributed by atoms with Gasteiger partial charge in [-0.2, -0.15) is 0 Å². The van der Waals surface area contributed by atoms with Crippen molar-refractivity contribution in [1.29, 1.82) is 0 Å². The summed E-state index contributed by atoms with van der Waals surface area (Å²) in [6.45, 7) is 1.96. The van der Waals surface area contributed by atoms with E-state index in [2.05, 4.69) is 5.32 Å². The molecule has 0 aliphatic heterocycles. The van der Waals surface area contributed by atoms with Crippen LogP contribution in [0.1, 0.15) is 25.7 Å². The van der Waals surface area contributed by atoms with Gasteiger partial charge >= 0.3 is 0 Å². The molecule has 2 atom stereocenters. The fourth-order valence-electron chi connectivity index (χ4n) is 2.11. The Morgan fingerprint density at radius 2 is 2.14 bits per heavy atom. The van der Waals surface area contributed by atoms with Crippen LogP contribution in [0.4, 0.5) is 0 Å². The van der Waals surface area contributed by atoms with E-state index in [1.54, 1.807) is 0 Å². The molecule has 1 fully saturated rings. The monoisotopic (exact) mass is 199 g/mol. The topological polar surface area (TPSA) is 81.1 Å². The molecule has 0 aromatic rings.